The Morgan fingerprint density at radius 1 is 1.35 bits per heavy atom. The third-order valence-corrected chi connectivity index (χ3v) is 3.21. The lowest BCUT2D eigenvalue weighted by Gasteiger charge is -2.13. The first kappa shape index (κ1) is 14.2. The largest absolute Gasteiger partial charge is 0.310 e. The molecule has 0 aliphatic carbocycles. The summed E-state index contributed by atoms with van der Waals surface area (Å²) in [6, 6.07) is 0.603. The second kappa shape index (κ2) is 7.49. The van der Waals surface area contributed by atoms with Crippen LogP contribution in [0.5, 0.6) is 0 Å². The molecule has 1 atom stereocenters. The minimum atomic E-state index is 0.603. The van der Waals surface area contributed by atoms with E-state index in [0.29, 0.717) is 6.04 Å². The highest BCUT2D eigenvalue weighted by atomic mass is 15.3. The van der Waals surface area contributed by atoms with Gasteiger partial charge in [-0.15, -0.1) is 0 Å². The lowest BCUT2D eigenvalue weighted by atomic mass is 10.1. The molecule has 1 rings (SSSR count). The molecule has 1 aromatic heterocycles. The van der Waals surface area contributed by atoms with Gasteiger partial charge < -0.3 is 5.32 Å². The molecule has 0 saturated heterocycles. The fraction of sp³-hybridized carbons (Fsp3) is 0.786. The maximum atomic E-state index is 4.46. The summed E-state index contributed by atoms with van der Waals surface area (Å²) in [6.45, 7) is 7.64. The molecule has 0 saturated carbocycles. The standard InChI is InChI=1S/C14H27N3/c1-5-7-8-9-12(3)15-10-13-11-17(4)16-14(13)6-2/h11-12,15H,5-10H2,1-4H3. The van der Waals surface area contributed by atoms with Gasteiger partial charge in [0.15, 0.2) is 0 Å². The summed E-state index contributed by atoms with van der Waals surface area (Å²) in [4.78, 5) is 0. The minimum absolute atomic E-state index is 0.603. The van der Waals surface area contributed by atoms with E-state index in [2.05, 4.69) is 37.4 Å². The molecule has 1 aromatic rings. The van der Waals surface area contributed by atoms with Crippen molar-refractivity contribution in [2.45, 2.75) is 65.5 Å². The Morgan fingerprint density at radius 2 is 2.12 bits per heavy atom. The van der Waals surface area contributed by atoms with Crippen molar-refractivity contribution >= 4 is 0 Å². The number of hydrogen-bond donors (Lipinski definition) is 1. The zero-order valence-corrected chi connectivity index (χ0v) is 11.8. The Labute approximate surface area is 106 Å². The van der Waals surface area contributed by atoms with Crippen LogP contribution in [0.25, 0.3) is 0 Å². The van der Waals surface area contributed by atoms with Crippen molar-refractivity contribution in [3.8, 4) is 0 Å². The highest BCUT2D eigenvalue weighted by Gasteiger charge is 2.07. The maximum absolute atomic E-state index is 4.46. The van der Waals surface area contributed by atoms with Gasteiger partial charge in [-0.3, -0.25) is 4.68 Å². The van der Waals surface area contributed by atoms with Crippen LogP contribution in [-0.2, 0) is 20.0 Å². The molecule has 0 aliphatic rings. The predicted molar refractivity (Wildman–Crippen MR) is 73.0 cm³/mol. The van der Waals surface area contributed by atoms with Gasteiger partial charge in [-0.25, -0.2) is 0 Å². The fourth-order valence-electron chi connectivity index (χ4n) is 2.12. The van der Waals surface area contributed by atoms with E-state index in [1.165, 1.54) is 36.9 Å². The van der Waals surface area contributed by atoms with Gasteiger partial charge in [-0.05, 0) is 19.8 Å². The van der Waals surface area contributed by atoms with Gasteiger partial charge in [0.25, 0.3) is 0 Å². The molecule has 0 amide bonds. The normalized spacial score (nSPS) is 12.9. The smallest absolute Gasteiger partial charge is 0.0666 e. The average Bonchev–Trinajstić information content (AvgIpc) is 2.67. The predicted octanol–water partition coefficient (Wildman–Crippen LogP) is 3.04. The molecule has 1 heterocycles. The first-order valence-electron chi connectivity index (χ1n) is 6.92. The summed E-state index contributed by atoms with van der Waals surface area (Å²) in [5.74, 6) is 0. The second-order valence-corrected chi connectivity index (χ2v) is 4.91. The van der Waals surface area contributed by atoms with Crippen LogP contribution in [-0.4, -0.2) is 15.8 Å². The van der Waals surface area contributed by atoms with Crippen LogP contribution in [0.15, 0.2) is 6.20 Å². The lowest BCUT2D eigenvalue weighted by molar-refractivity contribution is 0.486. The second-order valence-electron chi connectivity index (χ2n) is 4.91. The van der Waals surface area contributed by atoms with Crippen molar-refractivity contribution in [1.82, 2.24) is 15.1 Å². The molecule has 3 nitrogen and oxygen atoms in total. The van der Waals surface area contributed by atoms with Crippen molar-refractivity contribution in [3.05, 3.63) is 17.5 Å². The zero-order chi connectivity index (χ0) is 12.7. The maximum Gasteiger partial charge on any atom is 0.0666 e. The Bertz CT molecular complexity index is 317. The van der Waals surface area contributed by atoms with Gasteiger partial charge in [-0.1, -0.05) is 33.1 Å². The Morgan fingerprint density at radius 3 is 2.76 bits per heavy atom. The molecular weight excluding hydrogens is 210 g/mol. The summed E-state index contributed by atoms with van der Waals surface area (Å²) >= 11 is 0. The fourth-order valence-corrected chi connectivity index (χ4v) is 2.12. The highest BCUT2D eigenvalue weighted by molar-refractivity contribution is 5.16. The summed E-state index contributed by atoms with van der Waals surface area (Å²) < 4.78 is 1.91. The minimum Gasteiger partial charge on any atom is -0.310 e. The molecule has 0 fully saturated rings. The van der Waals surface area contributed by atoms with Crippen molar-refractivity contribution in [2.24, 2.45) is 7.05 Å². The molecule has 0 bridgehead atoms. The van der Waals surface area contributed by atoms with Gasteiger partial charge in [0.1, 0.15) is 0 Å². The van der Waals surface area contributed by atoms with Crippen LogP contribution in [0.4, 0.5) is 0 Å². The number of hydrogen-bond acceptors (Lipinski definition) is 2. The van der Waals surface area contributed by atoms with Crippen LogP contribution < -0.4 is 5.32 Å². The van der Waals surface area contributed by atoms with E-state index in [4.69, 9.17) is 0 Å². The van der Waals surface area contributed by atoms with Crippen LogP contribution in [0.3, 0.4) is 0 Å². The van der Waals surface area contributed by atoms with Crippen molar-refractivity contribution in [3.63, 3.8) is 0 Å². The van der Waals surface area contributed by atoms with Gasteiger partial charge in [0.05, 0.1) is 5.69 Å². The van der Waals surface area contributed by atoms with Crippen LogP contribution in [0.2, 0.25) is 0 Å². The summed E-state index contributed by atoms with van der Waals surface area (Å²) in [6.07, 6.45) is 8.40. The molecule has 3 heteroatoms. The molecule has 1 unspecified atom stereocenters. The molecule has 0 aromatic carbocycles. The van der Waals surface area contributed by atoms with Gasteiger partial charge in [-0.2, -0.15) is 5.10 Å². The monoisotopic (exact) mass is 237 g/mol. The molecule has 0 spiro atoms. The first-order valence-corrected chi connectivity index (χ1v) is 6.92. The summed E-state index contributed by atoms with van der Waals surface area (Å²) in [7, 11) is 1.99. The number of aryl methyl sites for hydroxylation is 2. The molecule has 98 valence electrons. The first-order chi connectivity index (χ1) is 8.17. The SMILES string of the molecule is CCCCCC(C)NCc1cn(C)nc1CC. The van der Waals surface area contributed by atoms with Gasteiger partial charge in [0, 0.05) is 31.4 Å². The van der Waals surface area contributed by atoms with Crippen LogP contribution in [0.1, 0.15) is 57.7 Å². The van der Waals surface area contributed by atoms with Gasteiger partial charge in [0.2, 0.25) is 0 Å². The van der Waals surface area contributed by atoms with Crippen molar-refractivity contribution in [2.75, 3.05) is 0 Å². The summed E-state index contributed by atoms with van der Waals surface area (Å²) in [5, 5.41) is 8.05. The quantitative estimate of drug-likeness (QED) is 0.704. The third-order valence-electron chi connectivity index (χ3n) is 3.21. The Balaban J connectivity index is 2.33. The molecule has 0 aliphatic heterocycles. The topological polar surface area (TPSA) is 29.9 Å². The van der Waals surface area contributed by atoms with Crippen molar-refractivity contribution < 1.29 is 0 Å². The molecule has 1 N–H and O–H groups in total. The van der Waals surface area contributed by atoms with E-state index in [1.54, 1.807) is 0 Å². The van der Waals surface area contributed by atoms with Gasteiger partial charge >= 0.3 is 0 Å². The van der Waals surface area contributed by atoms with E-state index in [0.717, 1.165) is 13.0 Å². The van der Waals surface area contributed by atoms with E-state index in [-0.39, 0.29) is 0 Å². The van der Waals surface area contributed by atoms with Crippen molar-refractivity contribution in [1.29, 1.82) is 0 Å². The highest BCUT2D eigenvalue weighted by Crippen LogP contribution is 2.08. The van der Waals surface area contributed by atoms with Crippen LogP contribution >= 0.6 is 0 Å². The van der Waals surface area contributed by atoms with E-state index < -0.39 is 0 Å². The van der Waals surface area contributed by atoms with E-state index >= 15 is 0 Å². The molecule has 0 radical (unpaired) electrons. The lowest BCUT2D eigenvalue weighted by Crippen LogP contribution is -2.25. The number of rotatable bonds is 8. The Kier molecular flexibility index (Phi) is 6.27. The Hall–Kier alpha value is -0.830. The van der Waals surface area contributed by atoms with Crippen LogP contribution in [0, 0.1) is 0 Å². The number of nitrogens with one attached hydrogen (secondary N) is 1. The summed E-state index contributed by atoms with van der Waals surface area (Å²) in [5.41, 5.74) is 2.57. The number of aromatic nitrogens is 2. The van der Waals surface area contributed by atoms with E-state index in [1.807, 2.05) is 11.7 Å². The average molecular weight is 237 g/mol. The molecule has 17 heavy (non-hydrogen) atoms. The molecular formula is C14H27N3. The number of unbranched alkanes of at least 4 members (excludes halogenated alkanes) is 2. The number of nitrogens with zero attached hydrogens (tertiary/aromatic N) is 2. The van der Waals surface area contributed by atoms with E-state index in [9.17, 15) is 0 Å². The zero-order valence-electron chi connectivity index (χ0n) is 11.8. The third kappa shape index (κ3) is 4.90.